The maximum Gasteiger partial charge on any atom is 0.216 e. The number of hydrogen-bond acceptors (Lipinski definition) is 2. The molecule has 154 valence electrons. The molecule has 2 aromatic carbocycles. The number of rotatable bonds is 10. The monoisotopic (exact) mass is 391 g/mol. The molecule has 4 heteroatoms. The minimum absolute atomic E-state index is 0.0474. The predicted octanol–water partition coefficient (Wildman–Crippen LogP) is 5.45. The van der Waals surface area contributed by atoms with Gasteiger partial charge in [-0.3, -0.25) is 4.79 Å². The Bertz CT molecular complexity index is 927. The Kier molecular flexibility index (Phi) is 7.45. The Morgan fingerprint density at radius 2 is 1.83 bits per heavy atom. The van der Waals surface area contributed by atoms with E-state index in [-0.39, 0.29) is 5.91 Å². The molecule has 0 radical (unpaired) electrons. The van der Waals surface area contributed by atoms with Crippen LogP contribution in [0.2, 0.25) is 0 Å². The van der Waals surface area contributed by atoms with Crippen molar-refractivity contribution < 1.29 is 4.79 Å². The Hall–Kier alpha value is -2.62. The van der Waals surface area contributed by atoms with E-state index in [1.165, 1.54) is 16.6 Å². The fourth-order valence-corrected chi connectivity index (χ4v) is 3.71. The van der Waals surface area contributed by atoms with Crippen molar-refractivity contribution >= 4 is 16.9 Å². The van der Waals surface area contributed by atoms with Gasteiger partial charge in [-0.1, -0.05) is 56.7 Å². The first kappa shape index (κ1) is 21.1. The molecule has 1 unspecified atom stereocenters. The summed E-state index contributed by atoms with van der Waals surface area (Å²) >= 11 is 0. The van der Waals surface area contributed by atoms with E-state index in [9.17, 15) is 4.79 Å². The number of nitrogens with zero attached hydrogens (tertiary/aromatic N) is 2. The Morgan fingerprint density at radius 3 is 2.55 bits per heavy atom. The number of carbonyl (C=O) groups excluding carboxylic acids is 1. The highest BCUT2D eigenvalue weighted by Crippen LogP contribution is 2.22. The van der Waals surface area contributed by atoms with Crippen LogP contribution >= 0.6 is 0 Å². The van der Waals surface area contributed by atoms with Gasteiger partial charge in [-0.05, 0) is 48.4 Å². The molecule has 0 aliphatic carbocycles. The van der Waals surface area contributed by atoms with E-state index in [0.29, 0.717) is 5.92 Å². The number of aryl methyl sites for hydroxylation is 1. The zero-order valence-corrected chi connectivity index (χ0v) is 17.9. The van der Waals surface area contributed by atoms with Crippen LogP contribution in [0.3, 0.4) is 0 Å². The highest BCUT2D eigenvalue weighted by Gasteiger charge is 2.11. The average molecular weight is 392 g/mol. The van der Waals surface area contributed by atoms with Gasteiger partial charge in [0.05, 0.1) is 11.0 Å². The summed E-state index contributed by atoms with van der Waals surface area (Å²) in [5, 5.41) is 2.87. The number of carbonyl (C=O) groups is 1. The van der Waals surface area contributed by atoms with Gasteiger partial charge >= 0.3 is 0 Å². The van der Waals surface area contributed by atoms with E-state index in [2.05, 4.69) is 72.3 Å². The van der Waals surface area contributed by atoms with E-state index < -0.39 is 0 Å². The number of nitrogens with one attached hydrogen (secondary N) is 1. The number of fused-ring (bicyclic) bond motifs is 1. The Balaban J connectivity index is 1.70. The molecule has 1 aromatic heterocycles. The van der Waals surface area contributed by atoms with Crippen LogP contribution in [0, 0.1) is 0 Å². The van der Waals surface area contributed by atoms with Crippen LogP contribution in [0.25, 0.3) is 11.0 Å². The van der Waals surface area contributed by atoms with Crippen molar-refractivity contribution in [2.45, 2.75) is 65.3 Å². The highest BCUT2D eigenvalue weighted by molar-refractivity contribution is 5.76. The van der Waals surface area contributed by atoms with E-state index in [0.717, 1.165) is 56.5 Å². The van der Waals surface area contributed by atoms with Crippen LogP contribution < -0.4 is 5.32 Å². The molecule has 1 atom stereocenters. The molecule has 0 saturated carbocycles. The standard InChI is InChI=1S/C25H33N3O/c1-4-19(2)22-15-13-21(14-16-22)18-28-24-11-8-7-10-23(24)27-25(28)12-6-5-9-17-26-20(3)29/h7-8,10-11,13-16,19H,4-6,9,12,17-18H2,1-3H3,(H,26,29). The summed E-state index contributed by atoms with van der Waals surface area (Å²) in [4.78, 5) is 15.9. The largest absolute Gasteiger partial charge is 0.356 e. The quantitative estimate of drug-likeness (QED) is 0.467. The number of imidazole rings is 1. The number of unbranched alkanes of at least 4 members (excludes halogenated alkanes) is 2. The molecule has 4 nitrogen and oxygen atoms in total. The van der Waals surface area contributed by atoms with Crippen LogP contribution in [-0.2, 0) is 17.8 Å². The topological polar surface area (TPSA) is 46.9 Å². The summed E-state index contributed by atoms with van der Waals surface area (Å²) in [5.74, 6) is 1.80. The molecule has 0 saturated heterocycles. The van der Waals surface area contributed by atoms with Crippen LogP contribution in [-0.4, -0.2) is 22.0 Å². The Morgan fingerprint density at radius 1 is 1.07 bits per heavy atom. The third-order valence-electron chi connectivity index (χ3n) is 5.69. The molecule has 0 bridgehead atoms. The van der Waals surface area contributed by atoms with Crippen molar-refractivity contribution in [3.63, 3.8) is 0 Å². The van der Waals surface area contributed by atoms with Crippen molar-refractivity contribution in [3.8, 4) is 0 Å². The van der Waals surface area contributed by atoms with Gasteiger partial charge in [0.25, 0.3) is 0 Å². The molecule has 0 spiro atoms. The van der Waals surface area contributed by atoms with E-state index in [4.69, 9.17) is 4.98 Å². The lowest BCUT2D eigenvalue weighted by molar-refractivity contribution is -0.118. The smallest absolute Gasteiger partial charge is 0.216 e. The van der Waals surface area contributed by atoms with Crippen LogP contribution in [0.1, 0.15) is 69.3 Å². The third-order valence-corrected chi connectivity index (χ3v) is 5.69. The van der Waals surface area contributed by atoms with Gasteiger partial charge in [-0.25, -0.2) is 4.98 Å². The molecular formula is C25H33N3O. The van der Waals surface area contributed by atoms with E-state index in [1.807, 2.05) is 0 Å². The zero-order chi connectivity index (χ0) is 20.6. The number of hydrogen-bond donors (Lipinski definition) is 1. The zero-order valence-electron chi connectivity index (χ0n) is 17.9. The molecule has 29 heavy (non-hydrogen) atoms. The summed E-state index contributed by atoms with van der Waals surface area (Å²) in [5.41, 5.74) is 4.99. The van der Waals surface area contributed by atoms with Crippen molar-refractivity contribution in [2.24, 2.45) is 0 Å². The van der Waals surface area contributed by atoms with Crippen molar-refractivity contribution in [1.29, 1.82) is 0 Å². The lowest BCUT2D eigenvalue weighted by Crippen LogP contribution is -2.20. The van der Waals surface area contributed by atoms with E-state index >= 15 is 0 Å². The lowest BCUT2D eigenvalue weighted by Gasteiger charge is -2.12. The lowest BCUT2D eigenvalue weighted by atomic mass is 9.97. The second-order valence-electron chi connectivity index (χ2n) is 7.95. The molecule has 0 aliphatic rings. The van der Waals surface area contributed by atoms with Crippen LogP contribution in [0.5, 0.6) is 0 Å². The van der Waals surface area contributed by atoms with E-state index in [1.54, 1.807) is 6.92 Å². The minimum atomic E-state index is 0.0474. The number of para-hydroxylation sites is 2. The summed E-state index contributed by atoms with van der Waals surface area (Å²) in [7, 11) is 0. The maximum atomic E-state index is 11.0. The molecule has 0 aliphatic heterocycles. The molecule has 0 fully saturated rings. The van der Waals surface area contributed by atoms with Gasteiger partial charge in [0.15, 0.2) is 0 Å². The molecule has 3 aromatic rings. The normalized spacial score (nSPS) is 12.2. The number of benzene rings is 2. The highest BCUT2D eigenvalue weighted by atomic mass is 16.1. The first-order chi connectivity index (χ1) is 14.1. The van der Waals surface area contributed by atoms with Gasteiger partial charge in [-0.15, -0.1) is 0 Å². The van der Waals surface area contributed by atoms with Gasteiger partial charge in [0.2, 0.25) is 5.91 Å². The van der Waals surface area contributed by atoms with Crippen LogP contribution in [0.15, 0.2) is 48.5 Å². The Labute approximate surface area is 174 Å². The maximum absolute atomic E-state index is 11.0. The minimum Gasteiger partial charge on any atom is -0.356 e. The fourth-order valence-electron chi connectivity index (χ4n) is 3.71. The first-order valence-corrected chi connectivity index (χ1v) is 10.9. The van der Waals surface area contributed by atoms with Gasteiger partial charge < -0.3 is 9.88 Å². The summed E-state index contributed by atoms with van der Waals surface area (Å²) < 4.78 is 2.36. The van der Waals surface area contributed by atoms with Crippen molar-refractivity contribution in [3.05, 3.63) is 65.5 Å². The second kappa shape index (κ2) is 10.2. The number of amides is 1. The SMILES string of the molecule is CCC(C)c1ccc(Cn2c(CCCCCNC(C)=O)nc3ccccc32)cc1. The summed E-state index contributed by atoms with van der Waals surface area (Å²) in [6.45, 7) is 7.69. The summed E-state index contributed by atoms with van der Waals surface area (Å²) in [6, 6.07) is 17.4. The number of aromatic nitrogens is 2. The summed E-state index contributed by atoms with van der Waals surface area (Å²) in [6.07, 6.45) is 5.30. The molecular weight excluding hydrogens is 358 g/mol. The molecule has 1 amide bonds. The van der Waals surface area contributed by atoms with Gasteiger partial charge in [0.1, 0.15) is 5.82 Å². The fraction of sp³-hybridized carbons (Fsp3) is 0.440. The van der Waals surface area contributed by atoms with Crippen LogP contribution in [0.4, 0.5) is 0 Å². The van der Waals surface area contributed by atoms with Gasteiger partial charge in [0, 0.05) is 26.4 Å². The second-order valence-corrected chi connectivity index (χ2v) is 7.95. The third kappa shape index (κ3) is 5.69. The average Bonchev–Trinajstić information content (AvgIpc) is 3.07. The van der Waals surface area contributed by atoms with Crippen molar-refractivity contribution in [1.82, 2.24) is 14.9 Å². The molecule has 1 heterocycles. The molecule has 1 N–H and O–H groups in total. The van der Waals surface area contributed by atoms with Gasteiger partial charge in [-0.2, -0.15) is 0 Å². The van der Waals surface area contributed by atoms with Crippen molar-refractivity contribution in [2.75, 3.05) is 6.54 Å². The molecule has 3 rings (SSSR count). The predicted molar refractivity (Wildman–Crippen MR) is 120 cm³/mol. The first-order valence-electron chi connectivity index (χ1n) is 10.9.